The van der Waals surface area contributed by atoms with Gasteiger partial charge < -0.3 is 10.4 Å². The van der Waals surface area contributed by atoms with Crippen molar-refractivity contribution in [2.24, 2.45) is 0 Å². The first kappa shape index (κ1) is 11.1. The summed E-state index contributed by atoms with van der Waals surface area (Å²) in [6.45, 7) is -0.0523. The maximum absolute atomic E-state index is 11.3. The number of carbonyl (C=O) groups excluding carboxylic acids is 2. The molecule has 7 nitrogen and oxygen atoms in total. The Bertz CT molecular complexity index is 484. The highest BCUT2D eigenvalue weighted by Crippen LogP contribution is 2.07. The number of carboxylic acid groups (broad SMARTS) is 1. The van der Waals surface area contributed by atoms with Crippen molar-refractivity contribution in [1.82, 2.24) is 15.2 Å². The molecule has 1 aromatic rings. The summed E-state index contributed by atoms with van der Waals surface area (Å²) in [7, 11) is 0. The number of aromatic nitrogens is 1. The van der Waals surface area contributed by atoms with Crippen LogP contribution in [0.15, 0.2) is 18.2 Å². The highest BCUT2D eigenvalue weighted by Gasteiger charge is 2.28. The van der Waals surface area contributed by atoms with Gasteiger partial charge in [0.25, 0.3) is 0 Å². The smallest absolute Gasteiger partial charge is 0.354 e. The van der Waals surface area contributed by atoms with Gasteiger partial charge in [0.2, 0.25) is 5.91 Å². The normalized spacial score (nSPS) is 14.9. The summed E-state index contributed by atoms with van der Waals surface area (Å²) >= 11 is 0. The lowest BCUT2D eigenvalue weighted by Crippen LogP contribution is -2.30. The van der Waals surface area contributed by atoms with Gasteiger partial charge in [-0.05, 0) is 12.1 Å². The van der Waals surface area contributed by atoms with Crippen molar-refractivity contribution in [3.05, 3.63) is 29.6 Å². The molecule has 7 heteroatoms. The van der Waals surface area contributed by atoms with Crippen LogP contribution in [0.1, 0.15) is 16.2 Å². The zero-order valence-electron chi connectivity index (χ0n) is 8.71. The minimum absolute atomic E-state index is 0.0220. The number of hydrogen-bond acceptors (Lipinski definition) is 4. The molecule has 17 heavy (non-hydrogen) atoms. The molecule has 3 amide bonds. The van der Waals surface area contributed by atoms with E-state index in [2.05, 4.69) is 10.3 Å². The van der Waals surface area contributed by atoms with Crippen LogP contribution in [-0.2, 0) is 11.3 Å². The predicted molar refractivity (Wildman–Crippen MR) is 55.1 cm³/mol. The van der Waals surface area contributed by atoms with Crippen molar-refractivity contribution < 1.29 is 19.5 Å². The van der Waals surface area contributed by atoms with E-state index < -0.39 is 12.0 Å². The standard InChI is InChI=1S/C10H9N3O4/c14-8-4-11-10(17)13(8)5-6-2-1-3-7(12-6)9(15)16/h1-3H,4-5H2,(H,11,17)(H,15,16). The van der Waals surface area contributed by atoms with Crippen molar-refractivity contribution >= 4 is 17.9 Å². The van der Waals surface area contributed by atoms with Crippen molar-refractivity contribution in [2.75, 3.05) is 6.54 Å². The van der Waals surface area contributed by atoms with E-state index in [4.69, 9.17) is 5.11 Å². The van der Waals surface area contributed by atoms with Gasteiger partial charge in [0, 0.05) is 0 Å². The molecular weight excluding hydrogens is 226 g/mol. The van der Waals surface area contributed by atoms with E-state index in [0.29, 0.717) is 5.69 Å². The zero-order valence-corrected chi connectivity index (χ0v) is 8.71. The van der Waals surface area contributed by atoms with Crippen LogP contribution in [0.25, 0.3) is 0 Å². The molecule has 0 saturated carbocycles. The average molecular weight is 235 g/mol. The number of aromatic carboxylic acids is 1. The van der Waals surface area contributed by atoms with Crippen molar-refractivity contribution in [1.29, 1.82) is 0 Å². The van der Waals surface area contributed by atoms with E-state index in [-0.39, 0.29) is 24.7 Å². The number of urea groups is 1. The maximum atomic E-state index is 11.3. The van der Waals surface area contributed by atoms with E-state index >= 15 is 0 Å². The molecule has 2 rings (SSSR count). The largest absolute Gasteiger partial charge is 0.477 e. The van der Waals surface area contributed by atoms with Gasteiger partial charge in [-0.1, -0.05) is 6.07 Å². The van der Waals surface area contributed by atoms with Gasteiger partial charge in [0.15, 0.2) is 0 Å². The summed E-state index contributed by atoms with van der Waals surface area (Å²) < 4.78 is 0. The number of carboxylic acids is 1. The third-order valence-electron chi connectivity index (χ3n) is 2.28. The first-order valence-electron chi connectivity index (χ1n) is 4.85. The molecule has 88 valence electrons. The summed E-state index contributed by atoms with van der Waals surface area (Å²) in [5, 5.41) is 11.1. The van der Waals surface area contributed by atoms with Gasteiger partial charge in [-0.25, -0.2) is 14.6 Å². The lowest BCUT2D eigenvalue weighted by atomic mass is 10.3. The molecule has 0 bridgehead atoms. The Balaban J connectivity index is 2.18. The summed E-state index contributed by atoms with van der Waals surface area (Å²) in [4.78, 5) is 38.1. The number of pyridine rings is 1. The number of nitrogens with one attached hydrogen (secondary N) is 1. The van der Waals surface area contributed by atoms with Crippen molar-refractivity contribution in [2.45, 2.75) is 6.54 Å². The van der Waals surface area contributed by atoms with Crippen molar-refractivity contribution in [3.63, 3.8) is 0 Å². The SMILES string of the molecule is O=C(O)c1cccc(CN2C(=O)CNC2=O)n1. The molecule has 1 aromatic heterocycles. The van der Waals surface area contributed by atoms with Crippen LogP contribution in [0, 0.1) is 0 Å². The molecule has 2 heterocycles. The van der Waals surface area contributed by atoms with Gasteiger partial charge in [0.1, 0.15) is 5.69 Å². The molecule has 1 aliphatic rings. The number of rotatable bonds is 3. The number of imide groups is 1. The van der Waals surface area contributed by atoms with E-state index in [9.17, 15) is 14.4 Å². The van der Waals surface area contributed by atoms with Crippen LogP contribution in [0.3, 0.4) is 0 Å². The summed E-state index contributed by atoms with van der Waals surface area (Å²) in [5.41, 5.74) is 0.241. The van der Waals surface area contributed by atoms with E-state index in [1.54, 1.807) is 6.07 Å². The minimum Gasteiger partial charge on any atom is -0.477 e. The minimum atomic E-state index is -1.15. The second-order valence-corrected chi connectivity index (χ2v) is 3.46. The second kappa shape index (κ2) is 4.20. The predicted octanol–water partition coefficient (Wildman–Crippen LogP) is -0.168. The Hall–Kier alpha value is -2.44. The first-order valence-corrected chi connectivity index (χ1v) is 4.85. The molecule has 2 N–H and O–H groups in total. The molecule has 0 spiro atoms. The summed E-state index contributed by atoms with van der Waals surface area (Å²) in [6.07, 6.45) is 0. The molecule has 1 fully saturated rings. The van der Waals surface area contributed by atoms with Crippen LogP contribution >= 0.6 is 0 Å². The second-order valence-electron chi connectivity index (χ2n) is 3.46. The number of carbonyl (C=O) groups is 3. The molecule has 0 aliphatic carbocycles. The fourth-order valence-electron chi connectivity index (χ4n) is 1.46. The van der Waals surface area contributed by atoms with Gasteiger partial charge in [0.05, 0.1) is 18.8 Å². The molecule has 0 radical (unpaired) electrons. The van der Waals surface area contributed by atoms with E-state index in [1.807, 2.05) is 0 Å². The Morgan fingerprint density at radius 3 is 2.82 bits per heavy atom. The van der Waals surface area contributed by atoms with Crippen LogP contribution in [0.5, 0.6) is 0 Å². The summed E-state index contributed by atoms with van der Waals surface area (Å²) in [5.74, 6) is -1.50. The fourth-order valence-corrected chi connectivity index (χ4v) is 1.46. The average Bonchev–Trinajstić information content (AvgIpc) is 2.61. The van der Waals surface area contributed by atoms with Crippen LogP contribution in [0.2, 0.25) is 0 Å². The third-order valence-corrected chi connectivity index (χ3v) is 2.28. The first-order chi connectivity index (χ1) is 8.08. The Kier molecular flexibility index (Phi) is 2.73. The number of nitrogens with zero attached hydrogens (tertiary/aromatic N) is 2. The van der Waals surface area contributed by atoms with E-state index in [1.165, 1.54) is 12.1 Å². The van der Waals surface area contributed by atoms with Gasteiger partial charge in [-0.3, -0.25) is 9.69 Å². The highest BCUT2D eigenvalue weighted by atomic mass is 16.4. The van der Waals surface area contributed by atoms with Crippen LogP contribution in [0.4, 0.5) is 4.79 Å². The van der Waals surface area contributed by atoms with Gasteiger partial charge in [-0.2, -0.15) is 0 Å². The lowest BCUT2D eigenvalue weighted by molar-refractivity contribution is -0.125. The topological polar surface area (TPSA) is 99.6 Å². The van der Waals surface area contributed by atoms with Gasteiger partial charge >= 0.3 is 12.0 Å². The Labute approximate surface area is 96.1 Å². The van der Waals surface area contributed by atoms with Crippen LogP contribution in [-0.4, -0.2) is 39.4 Å². The number of amides is 3. The molecule has 0 aromatic carbocycles. The molecule has 1 saturated heterocycles. The Morgan fingerprint density at radius 2 is 2.24 bits per heavy atom. The molecule has 0 atom stereocenters. The zero-order chi connectivity index (χ0) is 12.4. The maximum Gasteiger partial charge on any atom is 0.354 e. The monoisotopic (exact) mass is 235 g/mol. The van der Waals surface area contributed by atoms with Crippen molar-refractivity contribution in [3.8, 4) is 0 Å². The summed E-state index contributed by atoms with van der Waals surface area (Å²) in [6, 6.07) is 3.94. The molecular formula is C10H9N3O4. The van der Waals surface area contributed by atoms with E-state index in [0.717, 1.165) is 4.90 Å². The quantitative estimate of drug-likeness (QED) is 0.708. The molecule has 0 unspecified atom stereocenters. The van der Waals surface area contributed by atoms with Gasteiger partial charge in [-0.15, -0.1) is 0 Å². The Morgan fingerprint density at radius 1 is 1.47 bits per heavy atom. The fraction of sp³-hybridized carbons (Fsp3) is 0.200. The number of hydrogen-bond donors (Lipinski definition) is 2. The highest BCUT2D eigenvalue weighted by molar-refractivity contribution is 6.01. The molecule has 1 aliphatic heterocycles. The third kappa shape index (κ3) is 2.22. The van der Waals surface area contributed by atoms with Crippen LogP contribution < -0.4 is 5.32 Å². The lowest BCUT2D eigenvalue weighted by Gasteiger charge is -2.11.